The van der Waals surface area contributed by atoms with Crippen molar-refractivity contribution in [2.45, 2.75) is 19.9 Å². The molecule has 4 rings (SSSR count). The fraction of sp³-hybridized carbons (Fsp3) is 0.200. The lowest BCUT2D eigenvalue weighted by atomic mass is 10.3. The van der Waals surface area contributed by atoms with Gasteiger partial charge in [0.25, 0.3) is 5.56 Å². The molecule has 4 aromatic heterocycles. The molecule has 4 aromatic rings. The zero-order valence-corrected chi connectivity index (χ0v) is 13.0. The monoisotopic (exact) mass is 328 g/mol. The fourth-order valence-electron chi connectivity index (χ4n) is 2.27. The minimum absolute atomic E-state index is 0.108. The van der Waals surface area contributed by atoms with Gasteiger partial charge in [-0.25, -0.2) is 4.98 Å². The van der Waals surface area contributed by atoms with Crippen molar-refractivity contribution in [2.24, 2.45) is 0 Å². The summed E-state index contributed by atoms with van der Waals surface area (Å²) in [5, 5.41) is 4.48. The molecule has 0 aliphatic rings. The highest BCUT2D eigenvalue weighted by Gasteiger charge is 2.13. The van der Waals surface area contributed by atoms with Gasteiger partial charge in [-0.15, -0.1) is 11.3 Å². The van der Waals surface area contributed by atoms with Crippen LogP contribution in [0.5, 0.6) is 0 Å². The summed E-state index contributed by atoms with van der Waals surface area (Å²) in [5.74, 6) is 1.20. The molecule has 0 saturated heterocycles. The predicted octanol–water partition coefficient (Wildman–Crippen LogP) is 2.71. The van der Waals surface area contributed by atoms with Crippen LogP contribution in [0.1, 0.15) is 17.7 Å². The van der Waals surface area contributed by atoms with E-state index in [9.17, 15) is 4.79 Å². The van der Waals surface area contributed by atoms with Crippen LogP contribution in [0, 0.1) is 0 Å². The van der Waals surface area contributed by atoms with Crippen molar-refractivity contribution in [3.63, 3.8) is 0 Å². The predicted molar refractivity (Wildman–Crippen MR) is 84.4 cm³/mol. The molecular formula is C15H12N4O3S. The van der Waals surface area contributed by atoms with Crippen molar-refractivity contribution >= 4 is 21.6 Å². The number of nitrogens with zero attached hydrogens (tertiary/aromatic N) is 4. The van der Waals surface area contributed by atoms with Gasteiger partial charge in [-0.2, -0.15) is 4.98 Å². The number of aryl methyl sites for hydroxylation is 1. The maximum Gasteiger partial charge on any atom is 0.262 e. The molecular weight excluding hydrogens is 316 g/mol. The molecule has 0 N–H and O–H groups in total. The van der Waals surface area contributed by atoms with Gasteiger partial charge in [0, 0.05) is 4.88 Å². The first-order valence-corrected chi connectivity index (χ1v) is 7.90. The van der Waals surface area contributed by atoms with E-state index in [2.05, 4.69) is 22.0 Å². The number of fused-ring (bicyclic) bond motifs is 1. The first-order valence-electron chi connectivity index (χ1n) is 7.09. The van der Waals surface area contributed by atoms with E-state index in [0.717, 1.165) is 16.1 Å². The second-order valence-corrected chi connectivity index (χ2v) is 6.07. The summed E-state index contributed by atoms with van der Waals surface area (Å²) < 4.78 is 11.9. The average molecular weight is 328 g/mol. The van der Waals surface area contributed by atoms with Crippen molar-refractivity contribution in [3.8, 4) is 11.6 Å². The molecule has 0 aliphatic heterocycles. The molecule has 0 amide bonds. The SMILES string of the molecule is CCc1cc2c(=O)n(Cc3nc(-c4ccco4)no3)cnc2s1. The van der Waals surface area contributed by atoms with Gasteiger partial charge in [-0.1, -0.05) is 12.1 Å². The van der Waals surface area contributed by atoms with Crippen molar-refractivity contribution in [1.82, 2.24) is 19.7 Å². The first kappa shape index (κ1) is 13.9. The molecule has 0 spiro atoms. The Hall–Kier alpha value is -2.74. The number of hydrogen-bond donors (Lipinski definition) is 0. The Balaban J connectivity index is 1.67. The molecule has 8 heteroatoms. The van der Waals surface area contributed by atoms with E-state index in [4.69, 9.17) is 8.94 Å². The molecule has 0 radical (unpaired) electrons. The topological polar surface area (TPSA) is 87.0 Å². The lowest BCUT2D eigenvalue weighted by Crippen LogP contribution is -2.20. The molecule has 0 bridgehead atoms. The summed E-state index contributed by atoms with van der Waals surface area (Å²) in [6.45, 7) is 2.23. The van der Waals surface area contributed by atoms with E-state index in [0.29, 0.717) is 22.9 Å². The number of furan rings is 1. The highest BCUT2D eigenvalue weighted by Crippen LogP contribution is 2.21. The van der Waals surface area contributed by atoms with E-state index >= 15 is 0 Å². The van der Waals surface area contributed by atoms with Crippen LogP contribution in [0.2, 0.25) is 0 Å². The lowest BCUT2D eigenvalue weighted by molar-refractivity contribution is 0.368. The van der Waals surface area contributed by atoms with Gasteiger partial charge in [0.1, 0.15) is 11.4 Å². The summed E-state index contributed by atoms with van der Waals surface area (Å²) >= 11 is 1.54. The van der Waals surface area contributed by atoms with Crippen LogP contribution in [0.4, 0.5) is 0 Å². The molecule has 0 fully saturated rings. The Labute approximate surface area is 134 Å². The van der Waals surface area contributed by atoms with Crippen molar-refractivity contribution in [1.29, 1.82) is 0 Å². The number of thiophene rings is 1. The summed E-state index contributed by atoms with van der Waals surface area (Å²) in [7, 11) is 0. The fourth-order valence-corrected chi connectivity index (χ4v) is 3.19. The third-order valence-electron chi connectivity index (χ3n) is 3.43. The van der Waals surface area contributed by atoms with Crippen LogP contribution in [0.3, 0.4) is 0 Å². The van der Waals surface area contributed by atoms with Crippen LogP contribution < -0.4 is 5.56 Å². The zero-order chi connectivity index (χ0) is 15.8. The van der Waals surface area contributed by atoms with Gasteiger partial charge in [-0.3, -0.25) is 9.36 Å². The molecule has 116 valence electrons. The minimum atomic E-state index is -0.108. The van der Waals surface area contributed by atoms with Crippen LogP contribution >= 0.6 is 11.3 Å². The van der Waals surface area contributed by atoms with Gasteiger partial charge >= 0.3 is 0 Å². The lowest BCUT2D eigenvalue weighted by Gasteiger charge is -2.00. The van der Waals surface area contributed by atoms with Gasteiger partial charge in [0.15, 0.2) is 5.76 Å². The van der Waals surface area contributed by atoms with Gasteiger partial charge in [0.05, 0.1) is 18.0 Å². The zero-order valence-electron chi connectivity index (χ0n) is 12.2. The Morgan fingerprint density at radius 3 is 3.09 bits per heavy atom. The summed E-state index contributed by atoms with van der Waals surface area (Å²) in [6, 6.07) is 5.38. The van der Waals surface area contributed by atoms with Crippen LogP contribution in [-0.2, 0) is 13.0 Å². The van der Waals surface area contributed by atoms with Gasteiger partial charge < -0.3 is 8.94 Å². The van der Waals surface area contributed by atoms with E-state index in [-0.39, 0.29) is 12.1 Å². The van der Waals surface area contributed by atoms with E-state index in [1.807, 2.05) is 6.07 Å². The van der Waals surface area contributed by atoms with Crippen molar-refractivity contribution in [2.75, 3.05) is 0 Å². The van der Waals surface area contributed by atoms with Crippen LogP contribution in [-0.4, -0.2) is 19.7 Å². The first-order chi connectivity index (χ1) is 11.2. The number of hydrogen-bond acceptors (Lipinski definition) is 7. The Morgan fingerprint density at radius 1 is 1.39 bits per heavy atom. The third-order valence-corrected chi connectivity index (χ3v) is 4.62. The largest absolute Gasteiger partial charge is 0.461 e. The molecule has 0 unspecified atom stereocenters. The quantitative estimate of drug-likeness (QED) is 0.572. The van der Waals surface area contributed by atoms with Crippen LogP contribution in [0.15, 0.2) is 44.5 Å². The van der Waals surface area contributed by atoms with Gasteiger partial charge in [-0.05, 0) is 24.6 Å². The van der Waals surface area contributed by atoms with Crippen LogP contribution in [0.25, 0.3) is 21.8 Å². The maximum absolute atomic E-state index is 12.5. The van der Waals surface area contributed by atoms with Crippen molar-refractivity contribution < 1.29 is 8.94 Å². The smallest absolute Gasteiger partial charge is 0.262 e. The van der Waals surface area contributed by atoms with E-state index in [1.165, 1.54) is 17.2 Å². The molecule has 0 aromatic carbocycles. The Bertz CT molecular complexity index is 1010. The molecule has 0 atom stereocenters. The Kier molecular flexibility index (Phi) is 3.30. The average Bonchev–Trinajstić information content (AvgIpc) is 3.29. The second kappa shape index (κ2) is 5.47. The molecule has 23 heavy (non-hydrogen) atoms. The molecule has 0 saturated carbocycles. The standard InChI is InChI=1S/C15H12N4O3S/c1-2-9-6-10-14(23-9)16-8-19(15(10)20)7-12-17-13(18-22-12)11-4-3-5-21-11/h3-6,8H,2,7H2,1H3. The summed E-state index contributed by atoms with van der Waals surface area (Å²) in [6.07, 6.45) is 3.93. The minimum Gasteiger partial charge on any atom is -0.461 e. The highest BCUT2D eigenvalue weighted by atomic mass is 32.1. The normalized spacial score (nSPS) is 11.3. The second-order valence-electron chi connectivity index (χ2n) is 4.95. The summed E-state index contributed by atoms with van der Waals surface area (Å²) in [5.41, 5.74) is -0.108. The molecule has 7 nitrogen and oxygen atoms in total. The Morgan fingerprint density at radius 2 is 2.30 bits per heavy atom. The number of aromatic nitrogens is 4. The number of rotatable bonds is 4. The van der Waals surface area contributed by atoms with E-state index < -0.39 is 0 Å². The van der Waals surface area contributed by atoms with Crippen molar-refractivity contribution in [3.05, 3.63) is 51.9 Å². The molecule has 0 aliphatic carbocycles. The van der Waals surface area contributed by atoms with E-state index in [1.54, 1.807) is 23.5 Å². The maximum atomic E-state index is 12.5. The third kappa shape index (κ3) is 2.46. The summed E-state index contributed by atoms with van der Waals surface area (Å²) in [4.78, 5) is 23.0. The van der Waals surface area contributed by atoms with Gasteiger partial charge in [0.2, 0.25) is 11.7 Å². The molecule has 4 heterocycles. The highest BCUT2D eigenvalue weighted by molar-refractivity contribution is 7.18.